The first-order valence-electron chi connectivity index (χ1n) is 6.14. The molecule has 92 valence electrons. The van der Waals surface area contributed by atoms with Crippen LogP contribution in [0.5, 0.6) is 0 Å². The molecule has 1 aliphatic heterocycles. The quantitative estimate of drug-likeness (QED) is 0.869. The molecule has 1 fully saturated rings. The van der Waals surface area contributed by atoms with Gasteiger partial charge < -0.3 is 10.0 Å². The standard InChI is InChI=1S/C13H18N2O2/c1-2-3-10-5-7-15(9-10)12-4-6-14-8-11(12)13(16)17/h4,6,8,10H,2-3,5,7,9H2,1H3,(H,16,17). The Labute approximate surface area is 101 Å². The normalized spacial score (nSPS) is 19.6. The van der Waals surface area contributed by atoms with Gasteiger partial charge in [-0.15, -0.1) is 0 Å². The number of anilines is 1. The third-order valence-electron chi connectivity index (χ3n) is 3.35. The monoisotopic (exact) mass is 234 g/mol. The van der Waals surface area contributed by atoms with Crippen molar-refractivity contribution in [2.24, 2.45) is 5.92 Å². The van der Waals surface area contributed by atoms with Gasteiger partial charge in [-0.1, -0.05) is 13.3 Å². The zero-order valence-corrected chi connectivity index (χ0v) is 10.1. The van der Waals surface area contributed by atoms with Crippen molar-refractivity contribution in [2.45, 2.75) is 26.2 Å². The van der Waals surface area contributed by atoms with Crippen molar-refractivity contribution in [1.82, 2.24) is 4.98 Å². The molecular weight excluding hydrogens is 216 g/mol. The molecule has 1 N–H and O–H groups in total. The molecule has 1 atom stereocenters. The van der Waals surface area contributed by atoms with Crippen molar-refractivity contribution >= 4 is 11.7 Å². The van der Waals surface area contributed by atoms with Crippen LogP contribution in [-0.4, -0.2) is 29.1 Å². The fourth-order valence-electron chi connectivity index (χ4n) is 2.52. The summed E-state index contributed by atoms with van der Waals surface area (Å²) in [5.41, 5.74) is 1.12. The fraction of sp³-hybridized carbons (Fsp3) is 0.538. The lowest BCUT2D eigenvalue weighted by Crippen LogP contribution is -2.22. The number of nitrogens with zero attached hydrogens (tertiary/aromatic N) is 2. The lowest BCUT2D eigenvalue weighted by Gasteiger charge is -2.20. The molecule has 0 saturated carbocycles. The third kappa shape index (κ3) is 2.57. The molecule has 1 saturated heterocycles. The van der Waals surface area contributed by atoms with Crippen LogP contribution in [0.4, 0.5) is 5.69 Å². The van der Waals surface area contributed by atoms with Gasteiger partial charge in [-0.2, -0.15) is 0 Å². The van der Waals surface area contributed by atoms with Gasteiger partial charge in [0.05, 0.1) is 5.69 Å². The van der Waals surface area contributed by atoms with Crippen molar-refractivity contribution in [1.29, 1.82) is 0 Å². The number of pyridine rings is 1. The highest BCUT2D eigenvalue weighted by molar-refractivity contribution is 5.94. The summed E-state index contributed by atoms with van der Waals surface area (Å²) < 4.78 is 0. The average Bonchev–Trinajstić information content (AvgIpc) is 2.78. The van der Waals surface area contributed by atoms with Gasteiger partial charge in [0.2, 0.25) is 0 Å². The van der Waals surface area contributed by atoms with Crippen LogP contribution < -0.4 is 4.90 Å². The van der Waals surface area contributed by atoms with E-state index in [4.69, 9.17) is 5.11 Å². The van der Waals surface area contributed by atoms with Gasteiger partial charge in [0.25, 0.3) is 0 Å². The summed E-state index contributed by atoms with van der Waals surface area (Å²) >= 11 is 0. The molecule has 2 rings (SSSR count). The maximum absolute atomic E-state index is 11.1. The highest BCUT2D eigenvalue weighted by atomic mass is 16.4. The minimum atomic E-state index is -0.896. The third-order valence-corrected chi connectivity index (χ3v) is 3.35. The number of carbonyl (C=O) groups is 1. The summed E-state index contributed by atoms with van der Waals surface area (Å²) in [6.45, 7) is 4.12. The Bertz CT molecular complexity index is 406. The van der Waals surface area contributed by atoms with Crippen molar-refractivity contribution in [3.05, 3.63) is 24.0 Å². The van der Waals surface area contributed by atoms with Crippen LogP contribution in [0.3, 0.4) is 0 Å². The van der Waals surface area contributed by atoms with E-state index in [9.17, 15) is 4.79 Å². The second kappa shape index (κ2) is 5.17. The Morgan fingerprint density at radius 1 is 1.65 bits per heavy atom. The van der Waals surface area contributed by atoms with Gasteiger partial charge in [0.15, 0.2) is 0 Å². The van der Waals surface area contributed by atoms with Gasteiger partial charge in [-0.3, -0.25) is 4.98 Å². The molecule has 4 nitrogen and oxygen atoms in total. The Morgan fingerprint density at radius 2 is 2.47 bits per heavy atom. The Hall–Kier alpha value is -1.58. The number of aromatic carboxylic acids is 1. The van der Waals surface area contributed by atoms with E-state index >= 15 is 0 Å². The van der Waals surface area contributed by atoms with E-state index in [0.717, 1.165) is 25.2 Å². The van der Waals surface area contributed by atoms with Crippen LogP contribution in [0, 0.1) is 5.92 Å². The molecule has 1 aromatic heterocycles. The first kappa shape index (κ1) is 11.9. The predicted octanol–water partition coefficient (Wildman–Crippen LogP) is 2.41. The average molecular weight is 234 g/mol. The summed E-state index contributed by atoms with van der Waals surface area (Å²) in [6, 6.07) is 1.80. The molecule has 0 radical (unpaired) electrons. The maximum atomic E-state index is 11.1. The summed E-state index contributed by atoms with van der Waals surface area (Å²) in [5, 5.41) is 9.13. The van der Waals surface area contributed by atoms with E-state index in [1.165, 1.54) is 19.0 Å². The van der Waals surface area contributed by atoms with E-state index in [2.05, 4.69) is 16.8 Å². The first-order chi connectivity index (χ1) is 8.22. The van der Waals surface area contributed by atoms with Crippen molar-refractivity contribution < 1.29 is 9.90 Å². The van der Waals surface area contributed by atoms with Gasteiger partial charge in [-0.05, 0) is 24.8 Å². The van der Waals surface area contributed by atoms with Crippen molar-refractivity contribution in [3.63, 3.8) is 0 Å². The molecule has 0 aliphatic carbocycles. The van der Waals surface area contributed by atoms with Crippen LogP contribution >= 0.6 is 0 Å². The minimum absolute atomic E-state index is 0.310. The molecule has 1 aromatic rings. The zero-order chi connectivity index (χ0) is 12.3. The molecule has 0 amide bonds. The molecular formula is C13H18N2O2. The summed E-state index contributed by atoms with van der Waals surface area (Å²) in [5.74, 6) is -0.193. The van der Waals surface area contributed by atoms with Crippen LogP contribution in [0.15, 0.2) is 18.5 Å². The smallest absolute Gasteiger partial charge is 0.339 e. The molecule has 1 unspecified atom stereocenters. The molecule has 1 aliphatic rings. The maximum Gasteiger partial charge on any atom is 0.339 e. The molecule has 0 bridgehead atoms. The molecule has 4 heteroatoms. The summed E-state index contributed by atoms with van der Waals surface area (Å²) in [4.78, 5) is 17.2. The first-order valence-corrected chi connectivity index (χ1v) is 6.14. The van der Waals surface area contributed by atoms with Gasteiger partial charge >= 0.3 is 5.97 Å². The largest absolute Gasteiger partial charge is 0.478 e. The molecule has 0 spiro atoms. The Balaban J connectivity index is 2.16. The molecule has 2 heterocycles. The summed E-state index contributed by atoms with van der Waals surface area (Å²) in [6.07, 6.45) is 6.68. The SMILES string of the molecule is CCCC1CCN(c2ccncc2C(=O)O)C1. The summed E-state index contributed by atoms with van der Waals surface area (Å²) in [7, 11) is 0. The number of rotatable bonds is 4. The van der Waals surface area contributed by atoms with E-state index in [1.54, 1.807) is 12.3 Å². The highest BCUT2D eigenvalue weighted by Gasteiger charge is 2.24. The lowest BCUT2D eigenvalue weighted by atomic mass is 10.0. The van der Waals surface area contributed by atoms with Crippen LogP contribution in [-0.2, 0) is 0 Å². The molecule has 17 heavy (non-hydrogen) atoms. The van der Waals surface area contributed by atoms with E-state index < -0.39 is 5.97 Å². The highest BCUT2D eigenvalue weighted by Crippen LogP contribution is 2.28. The van der Waals surface area contributed by atoms with Gasteiger partial charge in [0.1, 0.15) is 5.56 Å². The van der Waals surface area contributed by atoms with E-state index in [1.807, 2.05) is 0 Å². The minimum Gasteiger partial charge on any atom is -0.478 e. The van der Waals surface area contributed by atoms with Gasteiger partial charge in [-0.25, -0.2) is 4.79 Å². The molecule has 0 aromatic carbocycles. The second-order valence-electron chi connectivity index (χ2n) is 4.59. The number of hydrogen-bond donors (Lipinski definition) is 1. The zero-order valence-electron chi connectivity index (χ0n) is 10.1. The second-order valence-corrected chi connectivity index (χ2v) is 4.59. The van der Waals surface area contributed by atoms with Crippen LogP contribution in [0.1, 0.15) is 36.5 Å². The van der Waals surface area contributed by atoms with Crippen molar-refractivity contribution in [2.75, 3.05) is 18.0 Å². The van der Waals surface area contributed by atoms with E-state index in [-0.39, 0.29) is 0 Å². The van der Waals surface area contributed by atoms with Crippen LogP contribution in [0.25, 0.3) is 0 Å². The topological polar surface area (TPSA) is 53.4 Å². The number of carboxylic acid groups (broad SMARTS) is 1. The Kier molecular flexibility index (Phi) is 3.61. The van der Waals surface area contributed by atoms with Crippen LogP contribution in [0.2, 0.25) is 0 Å². The van der Waals surface area contributed by atoms with E-state index in [0.29, 0.717) is 11.5 Å². The van der Waals surface area contributed by atoms with Crippen molar-refractivity contribution in [3.8, 4) is 0 Å². The predicted molar refractivity (Wildman–Crippen MR) is 66.4 cm³/mol. The number of hydrogen-bond acceptors (Lipinski definition) is 3. The fourth-order valence-corrected chi connectivity index (χ4v) is 2.52. The lowest BCUT2D eigenvalue weighted by molar-refractivity contribution is 0.0697. The number of carboxylic acids is 1. The number of aromatic nitrogens is 1. The Morgan fingerprint density at radius 3 is 3.18 bits per heavy atom. The van der Waals surface area contributed by atoms with Gasteiger partial charge in [0, 0.05) is 25.5 Å².